The Bertz CT molecular complexity index is 820. The van der Waals surface area contributed by atoms with Gasteiger partial charge in [0.25, 0.3) is 0 Å². The monoisotopic (exact) mass is 400 g/mol. The quantitative estimate of drug-likeness (QED) is 0.708. The van der Waals surface area contributed by atoms with E-state index in [4.69, 9.17) is 23.2 Å². The third-order valence-corrected chi connectivity index (χ3v) is 5.79. The second kappa shape index (κ2) is 7.37. The van der Waals surface area contributed by atoms with Crippen molar-refractivity contribution in [3.05, 3.63) is 70.7 Å². The topological polar surface area (TPSA) is 58.2 Å². The first-order chi connectivity index (χ1) is 13.0. The minimum atomic E-state index is -0.386. The molecule has 0 aromatic heterocycles. The smallest absolute Gasteiger partial charge is 0.228 e. The highest BCUT2D eigenvalue weighted by molar-refractivity contribution is 6.31. The van der Waals surface area contributed by atoms with Gasteiger partial charge in [-0.05, 0) is 66.8 Å². The number of carbonyl (C=O) groups excluding carboxylic acids is 2. The van der Waals surface area contributed by atoms with Crippen molar-refractivity contribution in [1.82, 2.24) is 0 Å². The SMILES string of the molecule is O=C(Nc1ccc(Cl)cc1)[C@@H]1[C@H](C(=O)Nc2ccc(Cl)cc2)[C@H]2C=C[C@H]1C2. The maximum absolute atomic E-state index is 12.9. The predicted octanol–water partition coefficient (Wildman–Crippen LogP) is 5.01. The van der Waals surface area contributed by atoms with Crippen LogP contribution in [0, 0.1) is 23.7 Å². The zero-order chi connectivity index (χ0) is 19.0. The van der Waals surface area contributed by atoms with Crippen molar-refractivity contribution in [3.63, 3.8) is 0 Å². The van der Waals surface area contributed by atoms with Gasteiger partial charge in [0, 0.05) is 21.4 Å². The summed E-state index contributed by atoms with van der Waals surface area (Å²) in [6, 6.07) is 13.9. The molecule has 0 heterocycles. The number of fused-ring (bicyclic) bond motifs is 2. The lowest BCUT2D eigenvalue weighted by Gasteiger charge is -2.26. The highest BCUT2D eigenvalue weighted by atomic mass is 35.5. The van der Waals surface area contributed by atoms with Crippen molar-refractivity contribution in [1.29, 1.82) is 0 Å². The van der Waals surface area contributed by atoms with Gasteiger partial charge in [0.2, 0.25) is 11.8 Å². The first kappa shape index (κ1) is 18.1. The Labute approximate surface area is 167 Å². The predicted molar refractivity (Wildman–Crippen MR) is 108 cm³/mol. The normalized spacial score (nSPS) is 25.4. The largest absolute Gasteiger partial charge is 0.326 e. The molecule has 2 bridgehead atoms. The summed E-state index contributed by atoms with van der Waals surface area (Å²) in [5, 5.41) is 7.06. The standard InChI is InChI=1S/C21H18Cl2N2O2/c22-14-3-7-16(8-4-14)24-20(26)18-12-1-2-13(11-12)19(18)21(27)25-17-9-5-15(23)6-10-17/h1-10,12-13,18-19H,11H2,(H,24,26)(H,25,27)/t12-,13-,18-,19+/m0/s1. The van der Waals surface area contributed by atoms with Crippen molar-refractivity contribution in [2.24, 2.45) is 23.7 Å². The molecule has 2 aliphatic carbocycles. The summed E-state index contributed by atoms with van der Waals surface area (Å²) in [5.41, 5.74) is 1.35. The molecule has 27 heavy (non-hydrogen) atoms. The van der Waals surface area contributed by atoms with E-state index in [1.54, 1.807) is 48.5 Å². The molecule has 4 rings (SSSR count). The van der Waals surface area contributed by atoms with Crippen molar-refractivity contribution in [2.75, 3.05) is 10.6 Å². The second-order valence-electron chi connectivity index (χ2n) is 6.99. The van der Waals surface area contributed by atoms with Gasteiger partial charge in [0.1, 0.15) is 0 Å². The van der Waals surface area contributed by atoms with Gasteiger partial charge in [-0.25, -0.2) is 0 Å². The molecule has 2 aromatic carbocycles. The summed E-state index contributed by atoms with van der Waals surface area (Å²) in [6.45, 7) is 0. The number of benzene rings is 2. The molecule has 1 saturated carbocycles. The van der Waals surface area contributed by atoms with Crippen molar-refractivity contribution in [2.45, 2.75) is 6.42 Å². The third-order valence-electron chi connectivity index (χ3n) is 5.29. The summed E-state index contributed by atoms with van der Waals surface area (Å²) >= 11 is 11.8. The molecule has 2 aromatic rings. The molecule has 0 aliphatic heterocycles. The van der Waals surface area contributed by atoms with E-state index in [1.807, 2.05) is 0 Å². The third kappa shape index (κ3) is 3.73. The van der Waals surface area contributed by atoms with E-state index < -0.39 is 0 Å². The molecule has 4 atom stereocenters. The summed E-state index contributed by atoms with van der Waals surface area (Å²) < 4.78 is 0. The molecular formula is C21H18Cl2N2O2. The molecule has 2 amide bonds. The lowest BCUT2D eigenvalue weighted by molar-refractivity contribution is -0.129. The lowest BCUT2D eigenvalue weighted by atomic mass is 9.81. The number of halogens is 2. The fraction of sp³-hybridized carbons (Fsp3) is 0.238. The number of amides is 2. The van der Waals surface area contributed by atoms with Crippen molar-refractivity contribution < 1.29 is 9.59 Å². The Morgan fingerprint density at radius 3 is 1.44 bits per heavy atom. The number of carbonyl (C=O) groups is 2. The Hall–Kier alpha value is -2.30. The molecule has 138 valence electrons. The molecule has 6 heteroatoms. The number of hydrogen-bond acceptors (Lipinski definition) is 2. The van der Waals surface area contributed by atoms with E-state index in [0.717, 1.165) is 6.42 Å². The van der Waals surface area contributed by atoms with Crippen LogP contribution < -0.4 is 10.6 Å². The van der Waals surface area contributed by atoms with Crippen LogP contribution in [-0.4, -0.2) is 11.8 Å². The molecule has 0 unspecified atom stereocenters. The number of nitrogens with one attached hydrogen (secondary N) is 2. The van der Waals surface area contributed by atoms with E-state index in [9.17, 15) is 9.59 Å². The van der Waals surface area contributed by atoms with E-state index >= 15 is 0 Å². The zero-order valence-electron chi connectivity index (χ0n) is 14.4. The second-order valence-corrected chi connectivity index (χ2v) is 7.87. The lowest BCUT2D eigenvalue weighted by Crippen LogP contribution is -2.39. The van der Waals surface area contributed by atoms with Crippen LogP contribution in [0.3, 0.4) is 0 Å². The number of anilines is 2. The fourth-order valence-electron chi connectivity index (χ4n) is 4.05. The molecule has 0 saturated heterocycles. The molecule has 1 fully saturated rings. The van der Waals surface area contributed by atoms with Crippen LogP contribution in [0.2, 0.25) is 10.0 Å². The van der Waals surface area contributed by atoms with Gasteiger partial charge in [-0.15, -0.1) is 0 Å². The first-order valence-corrected chi connectivity index (χ1v) is 9.58. The number of allylic oxidation sites excluding steroid dienone is 2. The maximum atomic E-state index is 12.9. The first-order valence-electron chi connectivity index (χ1n) is 8.82. The highest BCUT2D eigenvalue weighted by Crippen LogP contribution is 2.48. The fourth-order valence-corrected chi connectivity index (χ4v) is 4.31. The van der Waals surface area contributed by atoms with Crippen LogP contribution in [0.25, 0.3) is 0 Å². The Morgan fingerprint density at radius 1 is 0.704 bits per heavy atom. The summed E-state index contributed by atoms with van der Waals surface area (Å²) in [4.78, 5) is 25.9. The number of hydrogen-bond donors (Lipinski definition) is 2. The Balaban J connectivity index is 1.51. The van der Waals surface area contributed by atoms with Crippen LogP contribution in [0.5, 0.6) is 0 Å². The van der Waals surface area contributed by atoms with Crippen LogP contribution >= 0.6 is 23.2 Å². The molecule has 0 radical (unpaired) electrons. The van der Waals surface area contributed by atoms with E-state index in [1.165, 1.54) is 0 Å². The molecule has 2 aliphatic rings. The molecular weight excluding hydrogens is 383 g/mol. The highest BCUT2D eigenvalue weighted by Gasteiger charge is 2.51. The number of rotatable bonds is 4. The summed E-state index contributed by atoms with van der Waals surface area (Å²) in [5.74, 6) is -0.867. The van der Waals surface area contributed by atoms with Gasteiger partial charge in [-0.3, -0.25) is 9.59 Å². The van der Waals surface area contributed by atoms with Gasteiger partial charge >= 0.3 is 0 Å². The van der Waals surface area contributed by atoms with Crippen LogP contribution in [-0.2, 0) is 9.59 Å². The van der Waals surface area contributed by atoms with Crippen molar-refractivity contribution in [3.8, 4) is 0 Å². The van der Waals surface area contributed by atoms with E-state index in [2.05, 4.69) is 22.8 Å². The zero-order valence-corrected chi connectivity index (χ0v) is 15.9. The van der Waals surface area contributed by atoms with E-state index in [0.29, 0.717) is 21.4 Å². The summed E-state index contributed by atoms with van der Waals surface area (Å²) in [7, 11) is 0. The van der Waals surface area contributed by atoms with Gasteiger partial charge < -0.3 is 10.6 Å². The van der Waals surface area contributed by atoms with E-state index in [-0.39, 0.29) is 35.5 Å². The van der Waals surface area contributed by atoms with Gasteiger partial charge in [-0.1, -0.05) is 35.4 Å². The Morgan fingerprint density at radius 2 is 1.07 bits per heavy atom. The average Bonchev–Trinajstić information content (AvgIpc) is 3.27. The molecule has 4 nitrogen and oxygen atoms in total. The van der Waals surface area contributed by atoms with Gasteiger partial charge in [-0.2, -0.15) is 0 Å². The Kier molecular flexibility index (Phi) is 4.94. The van der Waals surface area contributed by atoms with Gasteiger partial charge in [0.15, 0.2) is 0 Å². The molecule has 0 spiro atoms. The minimum Gasteiger partial charge on any atom is -0.326 e. The molecule has 2 N–H and O–H groups in total. The minimum absolute atomic E-state index is 0.0864. The van der Waals surface area contributed by atoms with Crippen LogP contribution in [0.15, 0.2) is 60.7 Å². The van der Waals surface area contributed by atoms with Crippen LogP contribution in [0.4, 0.5) is 11.4 Å². The van der Waals surface area contributed by atoms with Gasteiger partial charge in [0.05, 0.1) is 11.8 Å². The van der Waals surface area contributed by atoms with Crippen LogP contribution in [0.1, 0.15) is 6.42 Å². The maximum Gasteiger partial charge on any atom is 0.228 e. The average molecular weight is 401 g/mol. The van der Waals surface area contributed by atoms with Crippen molar-refractivity contribution >= 4 is 46.4 Å². The summed E-state index contributed by atoms with van der Waals surface area (Å²) in [6.07, 6.45) is 4.95.